The first-order chi connectivity index (χ1) is 18.4. The highest BCUT2D eigenvalue weighted by Crippen LogP contribution is 2.55. The Bertz CT molecular complexity index is 1370. The van der Waals surface area contributed by atoms with E-state index in [0.29, 0.717) is 37.6 Å². The largest absolute Gasteiger partial charge is 0.489 e. The third-order valence-electron chi connectivity index (χ3n) is 9.36. The summed E-state index contributed by atoms with van der Waals surface area (Å²) in [4.78, 5) is 55.0. The molecule has 1 unspecified atom stereocenters. The topological polar surface area (TPSA) is 105 Å². The first kappa shape index (κ1) is 27.2. The standard InChI is InChI=1S/C25H30B5N3O6/c26-23(27)21(36)31-22(37)24(28,25(23,29)30)33-11-17-16(20(33)35)2-1-3-18(17)39-12-15-6-4-14(5-7-15)10-32-8-9-38-13-19(32)34/h1-7H,8-13,26-30H2,(H,31,36,37). The second-order valence-corrected chi connectivity index (χ2v) is 11.8. The number of carbonyl (C=O) groups excluding carboxylic acids is 4. The summed E-state index contributed by atoms with van der Waals surface area (Å²) in [5.41, 5.74) is 1.95. The first-order valence-electron chi connectivity index (χ1n) is 13.2. The minimum absolute atomic E-state index is 0.00620. The van der Waals surface area contributed by atoms with E-state index in [1.165, 1.54) is 0 Å². The molecular formula is C25H30B5N3O6. The predicted octanol–water partition coefficient (Wildman–Crippen LogP) is -3.67. The normalized spacial score (nSPS) is 23.9. The molecule has 4 amide bonds. The summed E-state index contributed by atoms with van der Waals surface area (Å²) in [7, 11) is 9.09. The Kier molecular flexibility index (Phi) is 6.73. The molecule has 0 saturated carbocycles. The van der Waals surface area contributed by atoms with Crippen molar-refractivity contribution in [1.29, 1.82) is 0 Å². The summed E-state index contributed by atoms with van der Waals surface area (Å²) in [5.74, 6) is -0.494. The van der Waals surface area contributed by atoms with Gasteiger partial charge in [0, 0.05) is 24.2 Å². The molecule has 2 fully saturated rings. The first-order valence-corrected chi connectivity index (χ1v) is 13.2. The van der Waals surface area contributed by atoms with E-state index < -0.39 is 21.8 Å². The molecule has 0 radical (unpaired) electrons. The number of nitrogens with zero attached hydrogens (tertiary/aromatic N) is 2. The maximum Gasteiger partial charge on any atom is 0.254 e. The molecule has 0 aliphatic carbocycles. The van der Waals surface area contributed by atoms with Crippen molar-refractivity contribution < 1.29 is 28.7 Å². The number of piperidine rings is 1. The molecule has 2 aromatic carbocycles. The summed E-state index contributed by atoms with van der Waals surface area (Å²) in [5, 5.41) is 0.778. The van der Waals surface area contributed by atoms with Gasteiger partial charge >= 0.3 is 0 Å². The lowest BCUT2D eigenvalue weighted by Gasteiger charge is -2.59. The van der Waals surface area contributed by atoms with E-state index in [1.54, 1.807) is 45.5 Å². The summed E-state index contributed by atoms with van der Waals surface area (Å²) >= 11 is 0. The fourth-order valence-electron chi connectivity index (χ4n) is 5.66. The van der Waals surface area contributed by atoms with Gasteiger partial charge in [-0.1, -0.05) is 35.5 Å². The van der Waals surface area contributed by atoms with Crippen LogP contribution in [0.15, 0.2) is 42.5 Å². The number of carbonyl (C=O) groups is 4. The van der Waals surface area contributed by atoms with Crippen molar-refractivity contribution in [3.05, 3.63) is 64.7 Å². The fourth-order valence-corrected chi connectivity index (χ4v) is 5.66. The van der Waals surface area contributed by atoms with Crippen molar-refractivity contribution >= 4 is 62.9 Å². The van der Waals surface area contributed by atoms with Crippen LogP contribution >= 0.6 is 0 Å². The molecule has 9 nitrogen and oxygen atoms in total. The van der Waals surface area contributed by atoms with Crippen molar-refractivity contribution in [3.8, 4) is 5.75 Å². The summed E-state index contributed by atoms with van der Waals surface area (Å²) < 4.78 is 11.4. The number of fused-ring (bicyclic) bond motifs is 1. The van der Waals surface area contributed by atoms with Crippen LogP contribution in [-0.2, 0) is 38.8 Å². The average molecular weight is 523 g/mol. The van der Waals surface area contributed by atoms with Crippen LogP contribution in [0, 0.1) is 0 Å². The lowest BCUT2D eigenvalue weighted by molar-refractivity contribution is -0.143. The second-order valence-electron chi connectivity index (χ2n) is 11.8. The van der Waals surface area contributed by atoms with E-state index >= 15 is 0 Å². The van der Waals surface area contributed by atoms with Crippen LogP contribution in [0.2, 0.25) is 10.4 Å². The molecule has 3 heterocycles. The van der Waals surface area contributed by atoms with Crippen LogP contribution in [0.4, 0.5) is 0 Å². The number of rotatable bonds is 6. The highest BCUT2D eigenvalue weighted by Gasteiger charge is 2.64. The summed E-state index contributed by atoms with van der Waals surface area (Å²) in [6.45, 7) is 2.31. The van der Waals surface area contributed by atoms with Crippen LogP contribution in [0.3, 0.4) is 0 Å². The molecule has 5 rings (SSSR count). The van der Waals surface area contributed by atoms with Gasteiger partial charge in [-0.05, 0) is 28.5 Å². The Balaban J connectivity index is 1.32. The molecule has 1 atom stereocenters. The van der Waals surface area contributed by atoms with Gasteiger partial charge in [-0.3, -0.25) is 24.5 Å². The molecule has 0 bridgehead atoms. The number of imide groups is 1. The zero-order chi connectivity index (χ0) is 28.2. The van der Waals surface area contributed by atoms with Gasteiger partial charge in [-0.2, -0.15) is 0 Å². The number of ether oxygens (including phenoxy) is 2. The molecule has 2 aromatic rings. The van der Waals surface area contributed by atoms with Gasteiger partial charge in [-0.25, -0.2) is 0 Å². The van der Waals surface area contributed by atoms with Crippen molar-refractivity contribution in [1.82, 2.24) is 15.1 Å². The Morgan fingerprint density at radius 1 is 0.923 bits per heavy atom. The zero-order valence-corrected chi connectivity index (χ0v) is 23.1. The van der Waals surface area contributed by atoms with Gasteiger partial charge in [-0.15, -0.1) is 0 Å². The van der Waals surface area contributed by atoms with Crippen molar-refractivity contribution in [2.24, 2.45) is 0 Å². The molecule has 3 aliphatic rings. The summed E-state index contributed by atoms with van der Waals surface area (Å²) in [6, 6.07) is 13.3. The Morgan fingerprint density at radius 3 is 2.31 bits per heavy atom. The van der Waals surface area contributed by atoms with Crippen molar-refractivity contribution in [2.75, 3.05) is 19.8 Å². The second kappa shape index (κ2) is 9.66. The number of morpholine rings is 1. The van der Waals surface area contributed by atoms with Crippen LogP contribution in [-0.4, -0.2) is 97.9 Å². The quantitative estimate of drug-likeness (QED) is 0.310. The van der Waals surface area contributed by atoms with Gasteiger partial charge in [0.15, 0.2) is 0 Å². The van der Waals surface area contributed by atoms with Crippen LogP contribution < -0.4 is 10.1 Å². The Labute approximate surface area is 232 Å². The summed E-state index contributed by atoms with van der Waals surface area (Å²) in [6.07, 6.45) is 0. The monoisotopic (exact) mass is 523 g/mol. The Hall–Kier alpha value is -3.40. The zero-order valence-electron chi connectivity index (χ0n) is 23.1. The van der Waals surface area contributed by atoms with Crippen LogP contribution in [0.5, 0.6) is 5.75 Å². The van der Waals surface area contributed by atoms with Gasteiger partial charge in [0.25, 0.3) is 5.91 Å². The molecule has 1 N–H and O–H groups in total. The fraction of sp³-hybridized carbons (Fsp3) is 0.360. The molecular weight excluding hydrogens is 492 g/mol. The van der Waals surface area contributed by atoms with Gasteiger partial charge in [0.2, 0.25) is 17.7 Å². The van der Waals surface area contributed by atoms with E-state index in [0.717, 1.165) is 16.7 Å². The number of amides is 4. The number of hydrogen-bond acceptors (Lipinski definition) is 6. The maximum absolute atomic E-state index is 13.6. The Morgan fingerprint density at radius 2 is 1.62 bits per heavy atom. The molecule has 196 valence electrons. The van der Waals surface area contributed by atoms with Gasteiger partial charge in [0.1, 0.15) is 58.2 Å². The van der Waals surface area contributed by atoms with Crippen molar-refractivity contribution in [3.63, 3.8) is 0 Å². The highest BCUT2D eigenvalue weighted by atomic mass is 16.5. The SMILES string of the molecule is BC1(B)C(=O)NC(=O)C(B)(N2Cc3c(OCc4ccc(CN5CCOCC5=O)cc4)cccc3C2=O)C1(B)B. The molecule has 3 aliphatic heterocycles. The molecule has 0 aromatic heterocycles. The van der Waals surface area contributed by atoms with E-state index in [9.17, 15) is 19.2 Å². The van der Waals surface area contributed by atoms with Crippen LogP contribution in [0.1, 0.15) is 27.0 Å². The average Bonchev–Trinajstić information content (AvgIpc) is 3.25. The molecule has 14 heteroatoms. The minimum Gasteiger partial charge on any atom is -0.489 e. The van der Waals surface area contributed by atoms with Crippen LogP contribution in [0.25, 0.3) is 0 Å². The number of hydrogen-bond donors (Lipinski definition) is 1. The van der Waals surface area contributed by atoms with Gasteiger partial charge in [0.05, 0.1) is 18.6 Å². The number of nitrogens with one attached hydrogen (secondary N) is 1. The van der Waals surface area contributed by atoms with E-state index in [-0.39, 0.29) is 30.9 Å². The third-order valence-corrected chi connectivity index (χ3v) is 9.36. The highest BCUT2D eigenvalue weighted by molar-refractivity contribution is 6.66. The van der Waals surface area contributed by atoms with E-state index in [4.69, 9.17) is 9.47 Å². The minimum atomic E-state index is -1.25. The number of benzene rings is 2. The lowest BCUT2D eigenvalue weighted by atomic mass is 9.21. The van der Waals surface area contributed by atoms with E-state index in [1.807, 2.05) is 46.0 Å². The molecule has 2 saturated heterocycles. The van der Waals surface area contributed by atoms with E-state index in [2.05, 4.69) is 5.32 Å². The smallest absolute Gasteiger partial charge is 0.254 e. The lowest BCUT2D eigenvalue weighted by Crippen LogP contribution is -2.75. The molecule has 39 heavy (non-hydrogen) atoms. The predicted molar refractivity (Wildman–Crippen MR) is 157 cm³/mol. The van der Waals surface area contributed by atoms with Crippen molar-refractivity contribution in [2.45, 2.75) is 35.6 Å². The van der Waals surface area contributed by atoms with Gasteiger partial charge < -0.3 is 19.3 Å². The molecule has 0 spiro atoms. The maximum atomic E-state index is 13.6. The third kappa shape index (κ3) is 4.29.